The van der Waals surface area contributed by atoms with Crippen LogP contribution < -0.4 is 11.1 Å². The fourth-order valence-electron chi connectivity index (χ4n) is 2.72. The van der Waals surface area contributed by atoms with E-state index in [0.29, 0.717) is 5.41 Å². The van der Waals surface area contributed by atoms with Crippen molar-refractivity contribution in [3.8, 4) is 0 Å². The van der Waals surface area contributed by atoms with Gasteiger partial charge < -0.3 is 11.1 Å². The number of pyridine rings is 1. The zero-order valence-electron chi connectivity index (χ0n) is 10.9. The minimum Gasteiger partial charge on any atom is -0.397 e. The van der Waals surface area contributed by atoms with E-state index in [1.807, 2.05) is 13.0 Å². The van der Waals surface area contributed by atoms with Crippen molar-refractivity contribution in [3.05, 3.63) is 17.8 Å². The molecule has 0 atom stereocenters. The number of nitrogens with zero attached hydrogens (tertiary/aromatic N) is 1. The topological polar surface area (TPSA) is 50.9 Å². The molecular weight excluding hydrogens is 210 g/mol. The summed E-state index contributed by atoms with van der Waals surface area (Å²) in [7, 11) is 0. The summed E-state index contributed by atoms with van der Waals surface area (Å²) in [5.41, 5.74) is 8.13. The highest BCUT2D eigenvalue weighted by molar-refractivity contribution is 5.50. The third-order valence-corrected chi connectivity index (χ3v) is 4.21. The van der Waals surface area contributed by atoms with E-state index in [-0.39, 0.29) is 0 Å². The van der Waals surface area contributed by atoms with Gasteiger partial charge in [-0.2, -0.15) is 0 Å². The molecule has 0 radical (unpaired) electrons. The SMILES string of the molecule is CCC1(CNc2cc(C)c(N)cn2)CCCC1. The van der Waals surface area contributed by atoms with Gasteiger partial charge in [0.1, 0.15) is 5.82 Å². The highest BCUT2D eigenvalue weighted by Crippen LogP contribution is 2.40. The Kier molecular flexibility index (Phi) is 3.55. The summed E-state index contributed by atoms with van der Waals surface area (Å²) < 4.78 is 0. The van der Waals surface area contributed by atoms with Crippen LogP contribution >= 0.6 is 0 Å². The van der Waals surface area contributed by atoms with Gasteiger partial charge in [0.15, 0.2) is 0 Å². The average molecular weight is 233 g/mol. The summed E-state index contributed by atoms with van der Waals surface area (Å²) in [4.78, 5) is 4.33. The van der Waals surface area contributed by atoms with E-state index in [4.69, 9.17) is 5.73 Å². The fourth-order valence-corrected chi connectivity index (χ4v) is 2.72. The number of rotatable bonds is 4. The van der Waals surface area contributed by atoms with Gasteiger partial charge >= 0.3 is 0 Å². The Labute approximate surface area is 104 Å². The van der Waals surface area contributed by atoms with Crippen LogP contribution in [0.15, 0.2) is 12.3 Å². The van der Waals surface area contributed by atoms with Crippen LogP contribution in [-0.4, -0.2) is 11.5 Å². The van der Waals surface area contributed by atoms with Crippen LogP contribution in [0.3, 0.4) is 0 Å². The second kappa shape index (κ2) is 4.94. The predicted molar refractivity (Wildman–Crippen MR) is 73.1 cm³/mol. The Hall–Kier alpha value is -1.25. The van der Waals surface area contributed by atoms with Crippen LogP contribution in [-0.2, 0) is 0 Å². The molecule has 0 aromatic carbocycles. The number of hydrogen-bond acceptors (Lipinski definition) is 3. The third-order valence-electron chi connectivity index (χ3n) is 4.21. The predicted octanol–water partition coefficient (Wildman–Crippen LogP) is 3.35. The van der Waals surface area contributed by atoms with Crippen molar-refractivity contribution in [1.82, 2.24) is 4.98 Å². The summed E-state index contributed by atoms with van der Waals surface area (Å²) in [5, 5.41) is 3.48. The average Bonchev–Trinajstić information content (AvgIpc) is 2.80. The lowest BCUT2D eigenvalue weighted by molar-refractivity contribution is 0.306. The van der Waals surface area contributed by atoms with E-state index >= 15 is 0 Å². The smallest absolute Gasteiger partial charge is 0.126 e. The quantitative estimate of drug-likeness (QED) is 0.838. The molecular formula is C14H23N3. The van der Waals surface area contributed by atoms with Crippen molar-refractivity contribution >= 4 is 11.5 Å². The maximum atomic E-state index is 5.77. The van der Waals surface area contributed by atoms with Gasteiger partial charge in [0, 0.05) is 6.54 Å². The number of aryl methyl sites for hydroxylation is 1. The molecule has 2 rings (SSSR count). The van der Waals surface area contributed by atoms with Gasteiger partial charge in [0.05, 0.1) is 11.9 Å². The molecule has 94 valence electrons. The van der Waals surface area contributed by atoms with Crippen LogP contribution in [0.4, 0.5) is 11.5 Å². The summed E-state index contributed by atoms with van der Waals surface area (Å²) in [6.45, 7) is 5.36. The molecule has 3 N–H and O–H groups in total. The zero-order valence-corrected chi connectivity index (χ0v) is 10.9. The number of nitrogens with one attached hydrogen (secondary N) is 1. The maximum absolute atomic E-state index is 5.77. The van der Waals surface area contributed by atoms with Crippen LogP contribution in [0, 0.1) is 12.3 Å². The molecule has 1 aliphatic rings. The fraction of sp³-hybridized carbons (Fsp3) is 0.643. The highest BCUT2D eigenvalue weighted by Gasteiger charge is 2.31. The number of anilines is 2. The molecule has 0 bridgehead atoms. The second-order valence-electron chi connectivity index (χ2n) is 5.34. The third kappa shape index (κ3) is 2.71. The summed E-state index contributed by atoms with van der Waals surface area (Å²) in [6, 6.07) is 2.04. The summed E-state index contributed by atoms with van der Waals surface area (Å²) in [6.07, 6.45) is 8.46. The van der Waals surface area contributed by atoms with Gasteiger partial charge in [-0.15, -0.1) is 0 Å². The summed E-state index contributed by atoms with van der Waals surface area (Å²) >= 11 is 0. The zero-order chi connectivity index (χ0) is 12.3. The monoisotopic (exact) mass is 233 g/mol. The molecule has 1 heterocycles. The van der Waals surface area contributed by atoms with Crippen LogP contribution in [0.25, 0.3) is 0 Å². The Morgan fingerprint density at radius 3 is 2.71 bits per heavy atom. The molecule has 17 heavy (non-hydrogen) atoms. The van der Waals surface area contributed by atoms with Crippen molar-refractivity contribution in [1.29, 1.82) is 0 Å². The van der Waals surface area contributed by atoms with E-state index in [2.05, 4.69) is 17.2 Å². The van der Waals surface area contributed by atoms with Crippen molar-refractivity contribution in [2.45, 2.75) is 46.0 Å². The largest absolute Gasteiger partial charge is 0.397 e. The number of hydrogen-bond donors (Lipinski definition) is 2. The van der Waals surface area contributed by atoms with Crippen molar-refractivity contribution in [2.24, 2.45) is 5.41 Å². The molecule has 3 heteroatoms. The van der Waals surface area contributed by atoms with E-state index in [1.54, 1.807) is 6.20 Å². The number of aromatic nitrogens is 1. The van der Waals surface area contributed by atoms with Crippen molar-refractivity contribution in [3.63, 3.8) is 0 Å². The minimum absolute atomic E-state index is 0.497. The van der Waals surface area contributed by atoms with E-state index in [0.717, 1.165) is 23.6 Å². The molecule has 3 nitrogen and oxygen atoms in total. The molecule has 0 spiro atoms. The van der Waals surface area contributed by atoms with Gasteiger partial charge in [0.2, 0.25) is 0 Å². The molecule has 0 aliphatic heterocycles. The molecule has 0 amide bonds. The van der Waals surface area contributed by atoms with Crippen LogP contribution in [0.2, 0.25) is 0 Å². The van der Waals surface area contributed by atoms with Crippen LogP contribution in [0.1, 0.15) is 44.6 Å². The normalized spacial score (nSPS) is 18.2. The lowest BCUT2D eigenvalue weighted by Crippen LogP contribution is -2.26. The Morgan fingerprint density at radius 1 is 1.41 bits per heavy atom. The van der Waals surface area contributed by atoms with Gasteiger partial charge in [-0.25, -0.2) is 4.98 Å². The maximum Gasteiger partial charge on any atom is 0.126 e. The Morgan fingerprint density at radius 2 is 2.12 bits per heavy atom. The van der Waals surface area contributed by atoms with Gasteiger partial charge in [0.25, 0.3) is 0 Å². The summed E-state index contributed by atoms with van der Waals surface area (Å²) in [5.74, 6) is 0.955. The lowest BCUT2D eigenvalue weighted by Gasteiger charge is -2.28. The number of nitrogen functional groups attached to an aromatic ring is 1. The van der Waals surface area contributed by atoms with Crippen molar-refractivity contribution in [2.75, 3.05) is 17.6 Å². The van der Waals surface area contributed by atoms with Crippen LogP contribution in [0.5, 0.6) is 0 Å². The molecule has 1 saturated carbocycles. The van der Waals surface area contributed by atoms with Gasteiger partial charge in [-0.05, 0) is 43.2 Å². The molecule has 1 aromatic rings. The molecule has 1 fully saturated rings. The van der Waals surface area contributed by atoms with E-state index in [9.17, 15) is 0 Å². The molecule has 0 saturated heterocycles. The molecule has 1 aliphatic carbocycles. The van der Waals surface area contributed by atoms with Gasteiger partial charge in [-0.3, -0.25) is 0 Å². The first-order valence-electron chi connectivity index (χ1n) is 6.61. The Bertz CT molecular complexity index is 381. The van der Waals surface area contributed by atoms with Crippen molar-refractivity contribution < 1.29 is 0 Å². The number of nitrogens with two attached hydrogens (primary N) is 1. The lowest BCUT2D eigenvalue weighted by atomic mass is 9.83. The molecule has 1 aromatic heterocycles. The minimum atomic E-state index is 0.497. The Balaban J connectivity index is 1.99. The van der Waals surface area contributed by atoms with Gasteiger partial charge in [-0.1, -0.05) is 19.8 Å². The second-order valence-corrected chi connectivity index (χ2v) is 5.34. The standard InChI is InChI=1S/C14H23N3/c1-3-14(6-4-5-7-14)10-17-13-8-11(2)12(15)9-16-13/h8-9H,3-7,10,15H2,1-2H3,(H,16,17). The highest BCUT2D eigenvalue weighted by atomic mass is 15.0. The first-order valence-corrected chi connectivity index (χ1v) is 6.61. The molecule has 0 unspecified atom stereocenters. The first kappa shape index (κ1) is 12.2. The van der Waals surface area contributed by atoms with E-state index in [1.165, 1.54) is 32.1 Å². The first-order chi connectivity index (χ1) is 8.15. The van der Waals surface area contributed by atoms with E-state index < -0.39 is 0 Å².